The second-order valence-corrected chi connectivity index (χ2v) is 20.4. The van der Waals surface area contributed by atoms with Crippen LogP contribution in [-0.2, 0) is 23.8 Å². The van der Waals surface area contributed by atoms with Crippen molar-refractivity contribution in [2.24, 2.45) is 0 Å². The Hall–Kier alpha value is -3.68. The zero-order valence-electron chi connectivity index (χ0n) is 47.8. The first-order valence-electron chi connectivity index (χ1n) is 30.2. The summed E-state index contributed by atoms with van der Waals surface area (Å²) in [7, 11) is 0. The number of unbranched alkanes of at least 4 members (excludes halogenated alkanes) is 22. The summed E-state index contributed by atoms with van der Waals surface area (Å²) in [5.74, 6) is -1.26. The highest BCUT2D eigenvalue weighted by atomic mass is 16.7. The van der Waals surface area contributed by atoms with Gasteiger partial charge in [0, 0.05) is 6.42 Å². The minimum Gasteiger partial charge on any atom is -0.454 e. The van der Waals surface area contributed by atoms with Gasteiger partial charge >= 0.3 is 5.97 Å². The smallest absolute Gasteiger partial charge is 0.306 e. The van der Waals surface area contributed by atoms with Crippen LogP contribution in [0.1, 0.15) is 226 Å². The molecule has 76 heavy (non-hydrogen) atoms. The fraction of sp³-hybridized carbons (Fsp3) is 0.692. The Morgan fingerprint density at radius 3 is 1.57 bits per heavy atom. The molecule has 0 spiro atoms. The van der Waals surface area contributed by atoms with Gasteiger partial charge in [-0.15, -0.1) is 0 Å². The van der Waals surface area contributed by atoms with Crippen LogP contribution in [0.3, 0.4) is 0 Å². The van der Waals surface area contributed by atoms with Crippen molar-refractivity contribution in [2.75, 3.05) is 13.2 Å². The topological polar surface area (TPSA) is 175 Å². The molecular formula is C65H109NO10. The van der Waals surface area contributed by atoms with Crippen molar-refractivity contribution < 1.29 is 49.3 Å². The molecule has 0 saturated carbocycles. The van der Waals surface area contributed by atoms with Crippen molar-refractivity contribution in [3.05, 3.63) is 109 Å². The molecule has 0 radical (unpaired) electrons. The van der Waals surface area contributed by atoms with Gasteiger partial charge in [0.15, 0.2) is 12.4 Å². The van der Waals surface area contributed by atoms with Gasteiger partial charge < -0.3 is 45.1 Å². The Balaban J connectivity index is 2.71. The Labute approximate surface area is 462 Å². The second kappa shape index (κ2) is 52.0. The first kappa shape index (κ1) is 70.3. The lowest BCUT2D eigenvalue weighted by Crippen LogP contribution is -2.61. The van der Waals surface area contributed by atoms with Gasteiger partial charge in [0.1, 0.15) is 24.4 Å². The first-order valence-corrected chi connectivity index (χ1v) is 30.2. The Morgan fingerprint density at radius 2 is 1.00 bits per heavy atom. The largest absolute Gasteiger partial charge is 0.454 e. The van der Waals surface area contributed by atoms with Crippen LogP contribution in [0.4, 0.5) is 0 Å². The van der Waals surface area contributed by atoms with Gasteiger partial charge in [0.05, 0.1) is 25.4 Å². The SMILES string of the molecule is CC/C=C/C=C/C=C\C=C/CCCCCC(=O)OC1C(OCC(NC(=O)C(O)CCCCCCCC/C=C\C/C=C\C/C=C\C/C=C\CCCCC)C(O)/C=C/CCCCCCCCCCCC)OC(CO)C(O)C1O. The van der Waals surface area contributed by atoms with E-state index < -0.39 is 67.4 Å². The predicted molar refractivity (Wildman–Crippen MR) is 315 cm³/mol. The van der Waals surface area contributed by atoms with E-state index >= 15 is 0 Å². The molecule has 0 aliphatic carbocycles. The maximum atomic E-state index is 13.4. The molecule has 0 aromatic rings. The lowest BCUT2D eigenvalue weighted by molar-refractivity contribution is -0.305. The predicted octanol–water partition coefficient (Wildman–Crippen LogP) is 14.1. The minimum atomic E-state index is -1.64. The van der Waals surface area contributed by atoms with Crippen molar-refractivity contribution in [1.82, 2.24) is 5.32 Å². The molecule has 1 fully saturated rings. The molecule has 0 bridgehead atoms. The van der Waals surface area contributed by atoms with Crippen LogP contribution in [0.25, 0.3) is 0 Å². The molecule has 1 aliphatic heterocycles. The zero-order valence-corrected chi connectivity index (χ0v) is 47.8. The number of esters is 1. The van der Waals surface area contributed by atoms with E-state index in [0.717, 1.165) is 109 Å². The molecule has 11 nitrogen and oxygen atoms in total. The number of aliphatic hydroxyl groups is 5. The fourth-order valence-electron chi connectivity index (χ4n) is 8.70. The van der Waals surface area contributed by atoms with E-state index in [0.29, 0.717) is 12.8 Å². The zero-order chi connectivity index (χ0) is 55.4. The van der Waals surface area contributed by atoms with Gasteiger partial charge in [0.2, 0.25) is 5.91 Å². The monoisotopic (exact) mass is 1060 g/mol. The summed E-state index contributed by atoms with van der Waals surface area (Å²) < 4.78 is 17.5. The standard InChI is InChI=1S/C65H109NO10/c1-4-7-10-13-16-19-22-25-26-27-28-29-30-31-32-33-35-37-40-43-46-49-52-58(69)64(73)66-56(57(68)51-48-45-42-39-36-24-21-18-15-12-9-6-3)55-74-65-63(62(72)61(71)59(54-67)75-65)76-60(70)53-50-47-44-41-38-34-23-20-17-14-11-8-5-2/h8,11,14,16-17,19-20,23,25-26,28-29,31-32,34,38,48,51,56-59,61-63,65,67-69,71-72H,4-7,9-10,12-13,15,18,21-22,24,27,30,33,35-37,39-47,49-50,52-55H2,1-3H3,(H,66,73)/b11-8+,17-14+,19-16-,23-20-,26-25-,29-28-,32-31-,38-34-,51-48+. The number of hydrogen-bond donors (Lipinski definition) is 6. The molecule has 1 aliphatic rings. The molecule has 8 unspecified atom stereocenters. The fourth-order valence-corrected chi connectivity index (χ4v) is 8.70. The summed E-state index contributed by atoms with van der Waals surface area (Å²) in [6.45, 7) is 5.57. The van der Waals surface area contributed by atoms with E-state index in [1.165, 1.54) is 70.6 Å². The average molecular weight is 1060 g/mol. The maximum Gasteiger partial charge on any atom is 0.306 e. The molecule has 0 aromatic carbocycles. The van der Waals surface area contributed by atoms with Gasteiger partial charge in [-0.05, 0) is 89.9 Å². The number of amides is 1. The summed E-state index contributed by atoms with van der Waals surface area (Å²) in [6, 6.07) is -1.05. The highest BCUT2D eigenvalue weighted by Gasteiger charge is 2.47. The normalized spacial score (nSPS) is 19.9. The quantitative estimate of drug-likeness (QED) is 0.0149. The van der Waals surface area contributed by atoms with Gasteiger partial charge in [0.25, 0.3) is 0 Å². The molecule has 1 saturated heterocycles. The molecule has 11 heteroatoms. The third kappa shape index (κ3) is 39.6. The highest BCUT2D eigenvalue weighted by Crippen LogP contribution is 2.26. The number of hydrogen-bond acceptors (Lipinski definition) is 10. The van der Waals surface area contributed by atoms with E-state index in [4.69, 9.17) is 14.2 Å². The van der Waals surface area contributed by atoms with Crippen molar-refractivity contribution in [3.8, 4) is 0 Å². The number of ether oxygens (including phenoxy) is 3. The molecule has 8 atom stereocenters. The first-order chi connectivity index (χ1) is 37.2. The number of carbonyl (C=O) groups is 2. The summed E-state index contributed by atoms with van der Waals surface area (Å²) in [4.78, 5) is 26.5. The van der Waals surface area contributed by atoms with Gasteiger partial charge in [-0.1, -0.05) is 239 Å². The van der Waals surface area contributed by atoms with Crippen LogP contribution in [0, 0.1) is 0 Å². The molecule has 1 amide bonds. The van der Waals surface area contributed by atoms with E-state index in [2.05, 4.69) is 86.8 Å². The summed E-state index contributed by atoms with van der Waals surface area (Å²) >= 11 is 0. The van der Waals surface area contributed by atoms with E-state index in [1.807, 2.05) is 42.5 Å². The summed E-state index contributed by atoms with van der Waals surface area (Å²) in [5, 5.41) is 56.9. The van der Waals surface area contributed by atoms with Crippen molar-refractivity contribution >= 4 is 11.9 Å². The van der Waals surface area contributed by atoms with E-state index in [1.54, 1.807) is 6.08 Å². The van der Waals surface area contributed by atoms with Crippen LogP contribution in [0.5, 0.6) is 0 Å². The average Bonchev–Trinajstić information content (AvgIpc) is 3.42. The van der Waals surface area contributed by atoms with Crippen LogP contribution in [0.2, 0.25) is 0 Å². The number of nitrogens with one attached hydrogen (secondary N) is 1. The molecule has 0 aromatic heterocycles. The molecule has 6 N–H and O–H groups in total. The van der Waals surface area contributed by atoms with Crippen LogP contribution < -0.4 is 5.32 Å². The number of rotatable bonds is 49. The summed E-state index contributed by atoms with van der Waals surface area (Å²) in [6.07, 6.45) is 59.9. The number of allylic oxidation sites excluding steroid dienone is 17. The lowest BCUT2D eigenvalue weighted by Gasteiger charge is -2.41. The van der Waals surface area contributed by atoms with E-state index in [9.17, 15) is 35.1 Å². The summed E-state index contributed by atoms with van der Waals surface area (Å²) in [5.41, 5.74) is 0. The number of carbonyl (C=O) groups excluding carboxylic acids is 2. The lowest BCUT2D eigenvalue weighted by atomic mass is 9.99. The van der Waals surface area contributed by atoms with Gasteiger partial charge in [-0.2, -0.15) is 0 Å². The third-order valence-corrected chi connectivity index (χ3v) is 13.5. The third-order valence-electron chi connectivity index (χ3n) is 13.5. The molecule has 434 valence electrons. The van der Waals surface area contributed by atoms with Crippen LogP contribution in [-0.4, -0.2) is 99.6 Å². The molecular weight excluding hydrogens is 955 g/mol. The van der Waals surface area contributed by atoms with Crippen molar-refractivity contribution in [2.45, 2.75) is 275 Å². The number of aliphatic hydroxyl groups excluding tert-OH is 5. The Bertz CT molecular complexity index is 1650. The second-order valence-electron chi connectivity index (χ2n) is 20.4. The van der Waals surface area contributed by atoms with Gasteiger partial charge in [-0.3, -0.25) is 9.59 Å². The van der Waals surface area contributed by atoms with Gasteiger partial charge in [-0.25, -0.2) is 0 Å². The highest BCUT2D eigenvalue weighted by molar-refractivity contribution is 5.80. The van der Waals surface area contributed by atoms with Crippen LogP contribution in [0.15, 0.2) is 109 Å². The Morgan fingerprint density at radius 1 is 0.539 bits per heavy atom. The maximum absolute atomic E-state index is 13.4. The van der Waals surface area contributed by atoms with Crippen molar-refractivity contribution in [3.63, 3.8) is 0 Å². The van der Waals surface area contributed by atoms with E-state index in [-0.39, 0.29) is 19.4 Å². The minimum absolute atomic E-state index is 0.0705. The van der Waals surface area contributed by atoms with Crippen molar-refractivity contribution in [1.29, 1.82) is 0 Å². The Kier molecular flexibility index (Phi) is 48.2. The van der Waals surface area contributed by atoms with Crippen LogP contribution >= 0.6 is 0 Å². The molecule has 1 heterocycles. The molecule has 1 rings (SSSR count).